The van der Waals surface area contributed by atoms with E-state index in [-0.39, 0.29) is 5.91 Å². The van der Waals surface area contributed by atoms with E-state index in [0.717, 1.165) is 21.1 Å². The maximum absolute atomic E-state index is 12.0. The normalized spacial score (nSPS) is 10.5. The summed E-state index contributed by atoms with van der Waals surface area (Å²) in [4.78, 5) is 18.1. The number of aromatic nitrogens is 3. The van der Waals surface area contributed by atoms with Gasteiger partial charge in [-0.3, -0.25) is 4.79 Å². The van der Waals surface area contributed by atoms with Crippen LogP contribution in [0.25, 0.3) is 5.82 Å². The fourth-order valence-electron chi connectivity index (χ4n) is 1.93. The Morgan fingerprint density at radius 1 is 1.33 bits per heavy atom. The average Bonchev–Trinajstić information content (AvgIpc) is 3.16. The second-order valence-corrected chi connectivity index (χ2v) is 5.85. The fraction of sp³-hybridized carbons (Fsp3) is 0.133. The fourth-order valence-corrected chi connectivity index (χ4v) is 2.71. The molecule has 21 heavy (non-hydrogen) atoms. The van der Waals surface area contributed by atoms with E-state index >= 15 is 0 Å². The number of aryl methyl sites for hydroxylation is 1. The molecule has 0 aliphatic heterocycles. The van der Waals surface area contributed by atoms with Gasteiger partial charge in [0.05, 0.1) is 4.88 Å². The van der Waals surface area contributed by atoms with Crippen LogP contribution in [-0.4, -0.2) is 20.7 Å². The maximum Gasteiger partial charge on any atom is 0.261 e. The molecule has 0 saturated carbocycles. The first-order valence-corrected chi connectivity index (χ1v) is 7.33. The number of nitrogens with zero attached hydrogens (tertiary/aromatic N) is 3. The van der Waals surface area contributed by atoms with E-state index in [1.165, 1.54) is 11.3 Å². The molecule has 0 aliphatic carbocycles. The molecule has 3 aromatic heterocycles. The van der Waals surface area contributed by atoms with E-state index in [2.05, 4.69) is 15.4 Å². The van der Waals surface area contributed by atoms with Crippen molar-refractivity contribution in [1.82, 2.24) is 20.1 Å². The Hall–Kier alpha value is -2.47. The van der Waals surface area contributed by atoms with Gasteiger partial charge in [-0.25, -0.2) is 9.67 Å². The number of amides is 1. The molecule has 0 saturated heterocycles. The summed E-state index contributed by atoms with van der Waals surface area (Å²) < 4.78 is 1.69. The maximum atomic E-state index is 12.0. The number of nitrogens with one attached hydrogen (secondary N) is 1. The zero-order valence-corrected chi connectivity index (χ0v) is 12.3. The first-order chi connectivity index (χ1) is 10.2. The topological polar surface area (TPSA) is 59.8 Å². The molecule has 6 heteroatoms. The van der Waals surface area contributed by atoms with Crippen LogP contribution in [0.1, 0.15) is 20.1 Å². The van der Waals surface area contributed by atoms with Crippen molar-refractivity contribution in [3.05, 3.63) is 64.2 Å². The lowest BCUT2D eigenvalue weighted by Gasteiger charge is -2.06. The van der Waals surface area contributed by atoms with Crippen LogP contribution < -0.4 is 5.32 Å². The second kappa shape index (κ2) is 5.88. The summed E-state index contributed by atoms with van der Waals surface area (Å²) in [5, 5.41) is 7.06. The Morgan fingerprint density at radius 3 is 2.95 bits per heavy atom. The van der Waals surface area contributed by atoms with Crippen molar-refractivity contribution >= 4 is 17.2 Å². The van der Waals surface area contributed by atoms with Gasteiger partial charge in [-0.15, -0.1) is 11.3 Å². The zero-order valence-electron chi connectivity index (χ0n) is 11.5. The number of pyridine rings is 1. The molecule has 3 aromatic rings. The minimum Gasteiger partial charge on any atom is -0.347 e. The van der Waals surface area contributed by atoms with Crippen molar-refractivity contribution < 1.29 is 4.79 Å². The van der Waals surface area contributed by atoms with Gasteiger partial charge < -0.3 is 5.32 Å². The molecule has 0 aliphatic rings. The van der Waals surface area contributed by atoms with Crippen LogP contribution in [0.15, 0.2) is 48.9 Å². The third-order valence-electron chi connectivity index (χ3n) is 2.97. The van der Waals surface area contributed by atoms with Gasteiger partial charge in [0.25, 0.3) is 5.91 Å². The van der Waals surface area contributed by atoms with E-state index in [1.54, 1.807) is 17.1 Å². The number of hydrogen-bond acceptors (Lipinski definition) is 4. The van der Waals surface area contributed by atoms with Crippen LogP contribution >= 0.6 is 11.3 Å². The lowest BCUT2D eigenvalue weighted by atomic mass is 10.2. The molecule has 0 radical (unpaired) electrons. The molecule has 1 amide bonds. The lowest BCUT2D eigenvalue weighted by molar-refractivity contribution is 0.0955. The highest BCUT2D eigenvalue weighted by molar-refractivity contribution is 7.13. The van der Waals surface area contributed by atoms with Crippen molar-refractivity contribution in [3.63, 3.8) is 0 Å². The van der Waals surface area contributed by atoms with Gasteiger partial charge >= 0.3 is 0 Å². The number of hydrogen-bond donors (Lipinski definition) is 1. The number of rotatable bonds is 4. The number of carbonyl (C=O) groups is 1. The standard InChI is InChI=1S/C15H14N4OS/c1-11-3-4-13(21-11)15(20)17-10-12-5-7-16-14(9-12)19-8-2-6-18-19/h2-9H,10H2,1H3,(H,17,20). The van der Waals surface area contributed by atoms with Gasteiger partial charge in [0.2, 0.25) is 0 Å². The summed E-state index contributed by atoms with van der Waals surface area (Å²) in [6.07, 6.45) is 5.25. The van der Waals surface area contributed by atoms with E-state index in [0.29, 0.717) is 6.54 Å². The highest BCUT2D eigenvalue weighted by Gasteiger charge is 2.08. The minimum atomic E-state index is -0.0504. The molecule has 3 heterocycles. The smallest absolute Gasteiger partial charge is 0.261 e. The van der Waals surface area contributed by atoms with Gasteiger partial charge in [-0.1, -0.05) is 0 Å². The van der Waals surface area contributed by atoms with Gasteiger partial charge in [-0.2, -0.15) is 5.10 Å². The molecule has 0 bridgehead atoms. The highest BCUT2D eigenvalue weighted by atomic mass is 32.1. The molecule has 3 rings (SSSR count). The number of carbonyl (C=O) groups excluding carboxylic acids is 1. The predicted molar refractivity (Wildman–Crippen MR) is 81.6 cm³/mol. The number of thiophene rings is 1. The van der Waals surface area contributed by atoms with Gasteiger partial charge in [-0.05, 0) is 42.8 Å². The molecule has 0 unspecified atom stereocenters. The summed E-state index contributed by atoms with van der Waals surface area (Å²) in [6.45, 7) is 2.45. The van der Waals surface area contributed by atoms with Gasteiger partial charge in [0.15, 0.2) is 5.82 Å². The largest absolute Gasteiger partial charge is 0.347 e. The molecule has 0 fully saturated rings. The molecule has 5 nitrogen and oxygen atoms in total. The van der Waals surface area contributed by atoms with Crippen molar-refractivity contribution in [2.45, 2.75) is 13.5 Å². The Kier molecular flexibility index (Phi) is 3.79. The van der Waals surface area contributed by atoms with Crippen LogP contribution in [0.3, 0.4) is 0 Å². The third kappa shape index (κ3) is 3.17. The van der Waals surface area contributed by atoms with Crippen molar-refractivity contribution in [2.24, 2.45) is 0 Å². The molecule has 1 N–H and O–H groups in total. The second-order valence-electron chi connectivity index (χ2n) is 4.57. The Balaban J connectivity index is 1.68. The van der Waals surface area contributed by atoms with Gasteiger partial charge in [0.1, 0.15) is 0 Å². The van der Waals surface area contributed by atoms with Crippen LogP contribution in [0.2, 0.25) is 0 Å². The van der Waals surface area contributed by atoms with Crippen LogP contribution in [0, 0.1) is 6.92 Å². The van der Waals surface area contributed by atoms with Crippen molar-refractivity contribution in [1.29, 1.82) is 0 Å². The van der Waals surface area contributed by atoms with Crippen LogP contribution in [-0.2, 0) is 6.54 Å². The van der Waals surface area contributed by atoms with Crippen LogP contribution in [0.5, 0.6) is 0 Å². The van der Waals surface area contributed by atoms with Crippen molar-refractivity contribution in [2.75, 3.05) is 0 Å². The van der Waals surface area contributed by atoms with E-state index in [9.17, 15) is 4.79 Å². The van der Waals surface area contributed by atoms with E-state index in [4.69, 9.17) is 0 Å². The highest BCUT2D eigenvalue weighted by Crippen LogP contribution is 2.15. The molecule has 106 valence electrons. The first-order valence-electron chi connectivity index (χ1n) is 6.52. The summed E-state index contributed by atoms with van der Waals surface area (Å²) >= 11 is 1.49. The average molecular weight is 298 g/mol. The van der Waals surface area contributed by atoms with Crippen LogP contribution in [0.4, 0.5) is 0 Å². The summed E-state index contributed by atoms with van der Waals surface area (Å²) in [7, 11) is 0. The molecular formula is C15H14N4OS. The summed E-state index contributed by atoms with van der Waals surface area (Å²) in [5.74, 6) is 0.685. The Bertz CT molecular complexity index is 749. The van der Waals surface area contributed by atoms with Crippen molar-refractivity contribution in [3.8, 4) is 5.82 Å². The Labute approximate surface area is 126 Å². The lowest BCUT2D eigenvalue weighted by Crippen LogP contribution is -2.21. The summed E-state index contributed by atoms with van der Waals surface area (Å²) in [6, 6.07) is 9.42. The molecule has 0 spiro atoms. The van der Waals surface area contributed by atoms with E-state index in [1.807, 2.05) is 43.5 Å². The third-order valence-corrected chi connectivity index (χ3v) is 3.97. The first kappa shape index (κ1) is 13.5. The monoisotopic (exact) mass is 298 g/mol. The quantitative estimate of drug-likeness (QED) is 0.805. The Morgan fingerprint density at radius 2 is 2.24 bits per heavy atom. The zero-order chi connectivity index (χ0) is 14.7. The van der Waals surface area contributed by atoms with Gasteiger partial charge in [0, 0.05) is 30.0 Å². The molecular weight excluding hydrogens is 284 g/mol. The summed E-state index contributed by atoms with van der Waals surface area (Å²) in [5.41, 5.74) is 0.983. The minimum absolute atomic E-state index is 0.0504. The SMILES string of the molecule is Cc1ccc(C(=O)NCc2ccnc(-n3cccn3)c2)s1. The molecule has 0 aromatic carbocycles. The van der Waals surface area contributed by atoms with E-state index < -0.39 is 0 Å². The molecule has 0 atom stereocenters. The predicted octanol–water partition coefficient (Wildman–Crippen LogP) is 2.57.